The maximum Gasteiger partial charge on any atom is 0.334 e. The Bertz CT molecular complexity index is 849. The van der Waals surface area contributed by atoms with Crippen molar-refractivity contribution in [3.05, 3.63) is 59.1 Å². The first-order valence-corrected chi connectivity index (χ1v) is 11.6. The summed E-state index contributed by atoms with van der Waals surface area (Å²) in [6, 6.07) is 2.05. The summed E-state index contributed by atoms with van der Waals surface area (Å²) in [6.07, 6.45) is 11.6. The van der Waals surface area contributed by atoms with Gasteiger partial charge in [0.25, 0.3) is 0 Å². The molecule has 30 heavy (non-hydrogen) atoms. The molecule has 0 spiro atoms. The molecule has 2 saturated carbocycles. The van der Waals surface area contributed by atoms with Crippen molar-refractivity contribution in [2.24, 2.45) is 17.8 Å². The van der Waals surface area contributed by atoms with Crippen molar-refractivity contribution >= 4 is 17.7 Å². The molecule has 7 heteroatoms. The van der Waals surface area contributed by atoms with Crippen LogP contribution in [0.15, 0.2) is 36.1 Å². The van der Waals surface area contributed by atoms with Gasteiger partial charge >= 0.3 is 5.97 Å². The van der Waals surface area contributed by atoms with Crippen molar-refractivity contribution < 1.29 is 23.1 Å². The number of nitrogens with zero attached hydrogens (tertiary/aromatic N) is 1. The summed E-state index contributed by atoms with van der Waals surface area (Å²) in [6.45, 7) is 0.869. The van der Waals surface area contributed by atoms with Crippen molar-refractivity contribution in [2.75, 3.05) is 12.3 Å². The molecule has 1 aromatic rings. The number of hydrogen-bond donors (Lipinski definition) is 1. The van der Waals surface area contributed by atoms with E-state index in [1.54, 1.807) is 23.9 Å². The van der Waals surface area contributed by atoms with Crippen LogP contribution in [0.25, 0.3) is 0 Å². The fraction of sp³-hybridized carbons (Fsp3) is 0.522. The van der Waals surface area contributed by atoms with Gasteiger partial charge in [0, 0.05) is 12.7 Å². The lowest BCUT2D eigenvalue weighted by Crippen LogP contribution is -2.39. The molecule has 0 aromatic heterocycles. The Kier molecular flexibility index (Phi) is 6.46. The third-order valence-electron chi connectivity index (χ3n) is 6.63. The summed E-state index contributed by atoms with van der Waals surface area (Å²) in [5, 5.41) is 9.38. The second-order valence-electron chi connectivity index (χ2n) is 8.60. The van der Waals surface area contributed by atoms with Crippen LogP contribution in [0.5, 0.6) is 0 Å². The van der Waals surface area contributed by atoms with Gasteiger partial charge in [0.2, 0.25) is 0 Å². The molecule has 3 nitrogen and oxygen atoms in total. The lowest BCUT2D eigenvalue weighted by molar-refractivity contribution is -0.133. The first kappa shape index (κ1) is 21.3. The number of halogens is 3. The van der Waals surface area contributed by atoms with Crippen LogP contribution >= 0.6 is 11.8 Å². The molecule has 4 atom stereocenters. The third-order valence-corrected chi connectivity index (χ3v) is 7.99. The summed E-state index contributed by atoms with van der Waals surface area (Å²) < 4.78 is 39.9. The van der Waals surface area contributed by atoms with Gasteiger partial charge in [-0.2, -0.15) is 0 Å². The second-order valence-corrected chi connectivity index (χ2v) is 9.79. The van der Waals surface area contributed by atoms with E-state index in [1.807, 2.05) is 6.20 Å². The van der Waals surface area contributed by atoms with Gasteiger partial charge in [0.15, 0.2) is 17.5 Å². The standard InChI is InChI=1S/C23H26F3NO2S/c24-19-11-14(12-20(25)21(19)26)3-2-8-30-22-18(23(28)29)4-1-7-27(22)13-17-10-15-5-6-16(17)9-15/h1,4,7,11-12,15-17,22H,2-3,5-6,8-10,13H2,(H,28,29). The zero-order valence-corrected chi connectivity index (χ0v) is 17.5. The van der Waals surface area contributed by atoms with Crippen molar-refractivity contribution in [1.29, 1.82) is 0 Å². The fourth-order valence-electron chi connectivity index (χ4n) is 5.21. The van der Waals surface area contributed by atoms with Crippen LogP contribution in [-0.2, 0) is 11.2 Å². The van der Waals surface area contributed by atoms with Crippen LogP contribution in [0.3, 0.4) is 0 Å². The maximum atomic E-state index is 13.4. The highest BCUT2D eigenvalue weighted by Gasteiger charge is 2.41. The second kappa shape index (κ2) is 9.08. The first-order valence-electron chi connectivity index (χ1n) is 10.5. The van der Waals surface area contributed by atoms with Crippen molar-refractivity contribution in [3.63, 3.8) is 0 Å². The van der Waals surface area contributed by atoms with Gasteiger partial charge in [0.05, 0.1) is 5.57 Å². The molecule has 2 aliphatic carbocycles. The number of fused-ring (bicyclic) bond motifs is 2. The minimum absolute atomic E-state index is 0.270. The number of aliphatic carboxylic acids is 1. The minimum atomic E-state index is -1.45. The molecule has 0 saturated heterocycles. The molecule has 0 amide bonds. The third kappa shape index (κ3) is 4.56. The molecule has 1 heterocycles. The predicted octanol–water partition coefficient (Wildman–Crippen LogP) is 5.37. The normalized spacial score (nSPS) is 27.6. The highest BCUT2D eigenvalue weighted by Crippen LogP contribution is 2.49. The molecule has 1 aromatic carbocycles. The van der Waals surface area contributed by atoms with Crippen LogP contribution in [0.2, 0.25) is 0 Å². The van der Waals surface area contributed by atoms with E-state index in [0.717, 1.165) is 30.5 Å². The Morgan fingerprint density at radius 3 is 2.57 bits per heavy atom. The Balaban J connectivity index is 1.36. The summed E-state index contributed by atoms with van der Waals surface area (Å²) in [5.74, 6) is -1.87. The van der Waals surface area contributed by atoms with Crippen LogP contribution in [0.1, 0.15) is 37.7 Å². The summed E-state index contributed by atoms with van der Waals surface area (Å²) >= 11 is 1.54. The molecule has 162 valence electrons. The summed E-state index contributed by atoms with van der Waals surface area (Å²) in [4.78, 5) is 13.9. The average molecular weight is 438 g/mol. The van der Waals surface area contributed by atoms with Crippen molar-refractivity contribution in [2.45, 2.75) is 43.9 Å². The zero-order valence-electron chi connectivity index (χ0n) is 16.7. The fourth-order valence-corrected chi connectivity index (χ4v) is 6.45. The first-order chi connectivity index (χ1) is 14.4. The van der Waals surface area contributed by atoms with Gasteiger partial charge in [-0.25, -0.2) is 18.0 Å². The zero-order chi connectivity index (χ0) is 21.3. The molecule has 4 unspecified atom stereocenters. The van der Waals surface area contributed by atoms with Crippen LogP contribution < -0.4 is 0 Å². The smallest absolute Gasteiger partial charge is 0.334 e. The Morgan fingerprint density at radius 1 is 1.17 bits per heavy atom. The van der Waals surface area contributed by atoms with E-state index in [1.165, 1.54) is 25.7 Å². The molecular weight excluding hydrogens is 411 g/mol. The van der Waals surface area contributed by atoms with E-state index >= 15 is 0 Å². The van der Waals surface area contributed by atoms with E-state index in [2.05, 4.69) is 4.90 Å². The van der Waals surface area contributed by atoms with E-state index in [0.29, 0.717) is 35.6 Å². The van der Waals surface area contributed by atoms with E-state index < -0.39 is 23.4 Å². The van der Waals surface area contributed by atoms with Crippen LogP contribution in [0.4, 0.5) is 13.2 Å². The number of hydrogen-bond acceptors (Lipinski definition) is 3. The van der Waals surface area contributed by atoms with Gasteiger partial charge in [0.1, 0.15) is 5.37 Å². The average Bonchev–Trinajstić information content (AvgIpc) is 3.33. The van der Waals surface area contributed by atoms with Gasteiger partial charge in [-0.05, 0) is 85.5 Å². The lowest BCUT2D eigenvalue weighted by Gasteiger charge is -2.36. The summed E-state index contributed by atoms with van der Waals surface area (Å²) in [7, 11) is 0. The molecule has 1 N–H and O–H groups in total. The molecule has 4 rings (SSSR count). The van der Waals surface area contributed by atoms with Gasteiger partial charge in [-0.15, -0.1) is 11.8 Å². The van der Waals surface area contributed by atoms with E-state index in [-0.39, 0.29) is 5.37 Å². The number of carboxylic acid groups (broad SMARTS) is 1. The Morgan fingerprint density at radius 2 is 1.93 bits per heavy atom. The van der Waals surface area contributed by atoms with Crippen molar-refractivity contribution in [3.8, 4) is 0 Å². The van der Waals surface area contributed by atoms with Gasteiger partial charge in [-0.3, -0.25) is 0 Å². The minimum Gasteiger partial charge on any atom is -0.478 e. The molecule has 3 aliphatic rings. The molecule has 2 fully saturated rings. The number of carbonyl (C=O) groups is 1. The SMILES string of the molecule is O=C(O)C1=CC=CN(CC2CC3CCC2C3)C1SCCCc1cc(F)c(F)c(F)c1. The number of allylic oxidation sites excluding steroid dienone is 2. The maximum absolute atomic E-state index is 13.4. The van der Waals surface area contributed by atoms with Gasteiger partial charge in [-0.1, -0.05) is 6.42 Å². The molecular formula is C23H26F3NO2S. The van der Waals surface area contributed by atoms with Crippen LogP contribution in [0, 0.1) is 35.2 Å². The van der Waals surface area contributed by atoms with Crippen molar-refractivity contribution in [1.82, 2.24) is 4.90 Å². The Hall–Kier alpha value is -1.89. The monoisotopic (exact) mass is 437 g/mol. The van der Waals surface area contributed by atoms with Gasteiger partial charge < -0.3 is 10.0 Å². The Labute approximate surface area is 179 Å². The van der Waals surface area contributed by atoms with E-state index in [9.17, 15) is 23.1 Å². The lowest BCUT2D eigenvalue weighted by atomic mass is 9.88. The highest BCUT2D eigenvalue weighted by molar-refractivity contribution is 8.00. The molecule has 2 bridgehead atoms. The number of thioether (sulfide) groups is 1. The number of benzene rings is 1. The number of aryl methyl sites for hydroxylation is 1. The predicted molar refractivity (Wildman–Crippen MR) is 111 cm³/mol. The quantitative estimate of drug-likeness (QED) is 0.438. The number of rotatable bonds is 8. The molecule has 0 radical (unpaired) electrons. The molecule has 1 aliphatic heterocycles. The summed E-state index contributed by atoms with van der Waals surface area (Å²) in [5.41, 5.74) is 0.771. The van der Waals surface area contributed by atoms with Crippen LogP contribution in [-0.4, -0.2) is 33.6 Å². The highest BCUT2D eigenvalue weighted by atomic mass is 32.2. The van der Waals surface area contributed by atoms with E-state index in [4.69, 9.17) is 0 Å². The largest absolute Gasteiger partial charge is 0.478 e. The number of carboxylic acids is 1. The topological polar surface area (TPSA) is 40.5 Å².